The van der Waals surface area contributed by atoms with Gasteiger partial charge in [-0.05, 0) is 36.2 Å². The third-order valence-electron chi connectivity index (χ3n) is 7.63. The van der Waals surface area contributed by atoms with Crippen molar-refractivity contribution in [3.8, 4) is 5.88 Å². The molecular formula is C27H34N6O3. The van der Waals surface area contributed by atoms with Gasteiger partial charge in [0, 0.05) is 37.3 Å². The molecule has 36 heavy (non-hydrogen) atoms. The number of carbonyl (C=O) groups is 1. The molecule has 1 amide bonds. The van der Waals surface area contributed by atoms with Crippen molar-refractivity contribution in [2.45, 2.75) is 51.4 Å². The van der Waals surface area contributed by atoms with Crippen LogP contribution in [0.25, 0.3) is 5.65 Å². The topological polar surface area (TPSA) is 93.0 Å². The highest BCUT2D eigenvalue weighted by atomic mass is 16.6. The Hall–Kier alpha value is -3.33. The maximum atomic E-state index is 12.7. The highest BCUT2D eigenvalue weighted by molar-refractivity contribution is 5.67. The minimum Gasteiger partial charge on any atom is -0.472 e. The Labute approximate surface area is 211 Å². The van der Waals surface area contributed by atoms with Crippen molar-refractivity contribution in [1.29, 1.82) is 0 Å². The summed E-state index contributed by atoms with van der Waals surface area (Å²) in [4.78, 5) is 19.3. The molecule has 1 aliphatic carbocycles. The van der Waals surface area contributed by atoms with Crippen molar-refractivity contribution in [2.75, 3.05) is 31.5 Å². The Morgan fingerprint density at radius 2 is 2.03 bits per heavy atom. The van der Waals surface area contributed by atoms with Gasteiger partial charge < -0.3 is 25.0 Å². The van der Waals surface area contributed by atoms with Crippen molar-refractivity contribution < 1.29 is 14.3 Å². The normalized spacial score (nSPS) is 25.1. The molecule has 2 aromatic heterocycles. The zero-order chi connectivity index (χ0) is 24.6. The molecule has 0 bridgehead atoms. The molecule has 9 nitrogen and oxygen atoms in total. The Morgan fingerprint density at radius 3 is 2.81 bits per heavy atom. The predicted octanol–water partition coefficient (Wildman–Crippen LogP) is 3.66. The average molecular weight is 491 g/mol. The maximum Gasteiger partial charge on any atom is 0.410 e. The summed E-state index contributed by atoms with van der Waals surface area (Å²) in [6, 6.07) is 12.2. The molecule has 0 spiro atoms. The highest BCUT2D eigenvalue weighted by Crippen LogP contribution is 2.44. The Bertz CT molecular complexity index is 1220. The number of likely N-dealkylation sites (tertiary alicyclic amines) is 1. The largest absolute Gasteiger partial charge is 0.472 e. The molecule has 2 unspecified atom stereocenters. The van der Waals surface area contributed by atoms with Gasteiger partial charge in [0.2, 0.25) is 5.88 Å². The van der Waals surface area contributed by atoms with Crippen LogP contribution in [0, 0.1) is 11.8 Å². The van der Waals surface area contributed by atoms with Crippen molar-refractivity contribution in [3.63, 3.8) is 0 Å². The SMILES string of the molecule is CC(C)c1cnn2c(NC3C4CNCC43)cc(O[C@@H]3CCCN(C(=O)OCc4ccccc4)C3)nc12. The summed E-state index contributed by atoms with van der Waals surface area (Å²) < 4.78 is 13.8. The number of hydrogen-bond acceptors (Lipinski definition) is 7. The number of rotatable bonds is 7. The lowest BCUT2D eigenvalue weighted by molar-refractivity contribution is 0.0537. The standard InChI is InChI=1S/C27H34N6O3/c1-17(2)20-14-29-33-23(30-25-21-12-28-13-22(21)25)11-24(31-26(20)33)36-19-9-6-10-32(15-19)27(34)35-16-18-7-4-3-5-8-18/h3-5,7-8,11,14,17,19,21-22,25,28,30H,6,9-10,12-13,15-16H2,1-2H3/t19-,21?,22?,25?/m1/s1. The molecule has 190 valence electrons. The van der Waals surface area contributed by atoms with Crippen molar-refractivity contribution in [2.24, 2.45) is 11.8 Å². The molecule has 6 rings (SSSR count). The summed E-state index contributed by atoms with van der Waals surface area (Å²) in [6.07, 6.45) is 3.20. The van der Waals surface area contributed by atoms with Crippen LogP contribution in [0.3, 0.4) is 0 Å². The van der Waals surface area contributed by atoms with E-state index in [1.165, 1.54) is 0 Å². The Morgan fingerprint density at radius 1 is 1.22 bits per heavy atom. The maximum absolute atomic E-state index is 12.7. The summed E-state index contributed by atoms with van der Waals surface area (Å²) >= 11 is 0. The number of benzene rings is 1. The summed E-state index contributed by atoms with van der Waals surface area (Å²) in [6.45, 7) is 7.85. The van der Waals surface area contributed by atoms with Crippen molar-refractivity contribution in [3.05, 3.63) is 53.7 Å². The fraction of sp³-hybridized carbons (Fsp3) is 0.519. The van der Waals surface area contributed by atoms with Crippen LogP contribution in [0.2, 0.25) is 0 Å². The van der Waals surface area contributed by atoms with Gasteiger partial charge in [0.25, 0.3) is 0 Å². The van der Waals surface area contributed by atoms with E-state index in [9.17, 15) is 4.79 Å². The van der Waals surface area contributed by atoms with Gasteiger partial charge in [-0.15, -0.1) is 0 Å². The first-order chi connectivity index (χ1) is 17.6. The molecule has 2 aliphatic heterocycles. The average Bonchev–Trinajstić information content (AvgIpc) is 3.23. The van der Waals surface area contributed by atoms with Gasteiger partial charge in [0.15, 0.2) is 5.65 Å². The zero-order valence-electron chi connectivity index (χ0n) is 20.9. The molecule has 1 saturated carbocycles. The number of fused-ring (bicyclic) bond motifs is 2. The third-order valence-corrected chi connectivity index (χ3v) is 7.63. The van der Waals surface area contributed by atoms with Crippen LogP contribution >= 0.6 is 0 Å². The smallest absolute Gasteiger partial charge is 0.410 e. The summed E-state index contributed by atoms with van der Waals surface area (Å²) in [5, 5.41) is 11.8. The minimum atomic E-state index is -0.301. The second kappa shape index (κ2) is 9.61. The molecule has 3 fully saturated rings. The quantitative estimate of drug-likeness (QED) is 0.522. The molecule has 2 saturated heterocycles. The molecule has 9 heteroatoms. The van der Waals surface area contributed by atoms with Crippen molar-refractivity contribution >= 4 is 17.6 Å². The van der Waals surface area contributed by atoms with Crippen LogP contribution in [0.5, 0.6) is 5.88 Å². The molecule has 2 N–H and O–H groups in total. The minimum absolute atomic E-state index is 0.138. The summed E-state index contributed by atoms with van der Waals surface area (Å²) in [5.41, 5.74) is 2.89. The number of hydrogen-bond donors (Lipinski definition) is 2. The first-order valence-electron chi connectivity index (χ1n) is 13.0. The van der Waals surface area contributed by atoms with Crippen LogP contribution in [0.4, 0.5) is 10.6 Å². The third kappa shape index (κ3) is 4.59. The molecule has 1 aromatic carbocycles. The van der Waals surface area contributed by atoms with E-state index >= 15 is 0 Å². The monoisotopic (exact) mass is 490 g/mol. The van der Waals surface area contributed by atoms with E-state index in [1.54, 1.807) is 4.90 Å². The second-order valence-corrected chi connectivity index (χ2v) is 10.5. The molecule has 3 aromatic rings. The number of anilines is 1. The second-order valence-electron chi connectivity index (χ2n) is 10.5. The number of aromatic nitrogens is 3. The van der Waals surface area contributed by atoms with Crippen LogP contribution < -0.4 is 15.4 Å². The van der Waals surface area contributed by atoms with E-state index in [-0.39, 0.29) is 18.8 Å². The van der Waals surface area contributed by atoms with E-state index in [2.05, 4.69) is 29.6 Å². The van der Waals surface area contributed by atoms with Gasteiger partial charge in [-0.3, -0.25) is 0 Å². The highest BCUT2D eigenvalue weighted by Gasteiger charge is 2.53. The van der Waals surface area contributed by atoms with Crippen LogP contribution in [0.1, 0.15) is 43.7 Å². The van der Waals surface area contributed by atoms with Gasteiger partial charge in [0.05, 0.1) is 12.7 Å². The van der Waals surface area contributed by atoms with Gasteiger partial charge >= 0.3 is 6.09 Å². The van der Waals surface area contributed by atoms with Crippen LogP contribution in [-0.2, 0) is 11.3 Å². The van der Waals surface area contributed by atoms with Gasteiger partial charge in [0.1, 0.15) is 18.5 Å². The van der Waals surface area contributed by atoms with E-state index in [0.717, 1.165) is 48.5 Å². The van der Waals surface area contributed by atoms with E-state index in [4.69, 9.17) is 14.5 Å². The van der Waals surface area contributed by atoms with Crippen LogP contribution in [-0.4, -0.2) is 63.9 Å². The predicted molar refractivity (Wildman–Crippen MR) is 136 cm³/mol. The first kappa shape index (κ1) is 23.1. The van der Waals surface area contributed by atoms with Crippen LogP contribution in [0.15, 0.2) is 42.6 Å². The fourth-order valence-electron chi connectivity index (χ4n) is 5.51. The lowest BCUT2D eigenvalue weighted by Crippen LogP contribution is -2.44. The van der Waals surface area contributed by atoms with Gasteiger partial charge in [-0.1, -0.05) is 44.2 Å². The molecule has 0 radical (unpaired) electrons. The lowest BCUT2D eigenvalue weighted by Gasteiger charge is -2.32. The number of piperidine rings is 2. The number of ether oxygens (including phenoxy) is 2. The lowest BCUT2D eigenvalue weighted by atomic mass is 10.1. The van der Waals surface area contributed by atoms with E-state index in [1.807, 2.05) is 47.1 Å². The molecule has 3 atom stereocenters. The molecular weight excluding hydrogens is 456 g/mol. The first-order valence-corrected chi connectivity index (χ1v) is 13.0. The van der Waals surface area contributed by atoms with E-state index in [0.29, 0.717) is 42.8 Å². The number of amides is 1. The molecule has 4 heterocycles. The van der Waals surface area contributed by atoms with Crippen molar-refractivity contribution in [1.82, 2.24) is 24.8 Å². The Balaban J connectivity index is 1.16. The Kier molecular flexibility index (Phi) is 6.17. The summed E-state index contributed by atoms with van der Waals surface area (Å²) in [7, 11) is 0. The molecule has 3 aliphatic rings. The summed E-state index contributed by atoms with van der Waals surface area (Å²) in [5.74, 6) is 3.13. The van der Waals surface area contributed by atoms with Gasteiger partial charge in [-0.2, -0.15) is 14.6 Å². The van der Waals surface area contributed by atoms with E-state index < -0.39 is 0 Å². The number of nitrogens with zero attached hydrogens (tertiary/aromatic N) is 4. The number of carbonyl (C=O) groups excluding carboxylic acids is 1. The fourth-order valence-corrected chi connectivity index (χ4v) is 5.51. The number of nitrogens with one attached hydrogen (secondary N) is 2. The zero-order valence-corrected chi connectivity index (χ0v) is 20.9. The van der Waals surface area contributed by atoms with Gasteiger partial charge in [-0.25, -0.2) is 4.79 Å².